The number of nitrogens with one attached hydrogen (secondary N) is 1. The summed E-state index contributed by atoms with van der Waals surface area (Å²) >= 11 is 0. The van der Waals surface area contributed by atoms with Crippen LogP contribution in [0.4, 0.5) is 17.6 Å². The van der Waals surface area contributed by atoms with Gasteiger partial charge in [-0.25, -0.2) is 9.38 Å². The van der Waals surface area contributed by atoms with Gasteiger partial charge in [-0.3, -0.25) is 4.79 Å². The predicted molar refractivity (Wildman–Crippen MR) is 98.2 cm³/mol. The number of ether oxygens (including phenoxy) is 1. The highest BCUT2D eigenvalue weighted by Crippen LogP contribution is 2.58. The number of carbonyl (C=O) groups excluding carboxylic acids is 1. The normalized spacial score (nSPS) is 22.6. The van der Waals surface area contributed by atoms with Crippen molar-refractivity contribution in [3.8, 4) is 0 Å². The maximum Gasteiger partial charge on any atom is 0.405 e. The van der Waals surface area contributed by atoms with Crippen molar-refractivity contribution in [1.82, 2.24) is 5.32 Å². The first-order chi connectivity index (χ1) is 13.2. The fourth-order valence-corrected chi connectivity index (χ4v) is 3.22. The molecule has 0 saturated heterocycles. The lowest BCUT2D eigenvalue weighted by atomic mass is 10.0. The third-order valence-electron chi connectivity index (χ3n) is 4.51. The molecule has 28 heavy (non-hydrogen) atoms. The van der Waals surface area contributed by atoms with Crippen LogP contribution in [0.2, 0.25) is 0 Å². The molecule has 1 aromatic carbocycles. The minimum atomic E-state index is -4.38. The first-order valence-corrected chi connectivity index (χ1v) is 8.76. The van der Waals surface area contributed by atoms with Gasteiger partial charge < -0.3 is 10.1 Å². The molecule has 1 aliphatic carbocycles. The van der Waals surface area contributed by atoms with E-state index in [1.807, 2.05) is 0 Å². The Hall–Kier alpha value is -2.64. The number of nitrogens with zero attached hydrogens (tertiary/aromatic N) is 1. The Kier molecular flexibility index (Phi) is 6.99. The van der Waals surface area contributed by atoms with Crippen LogP contribution in [-0.2, 0) is 9.53 Å². The minimum absolute atomic E-state index is 0.0487. The Balaban J connectivity index is 2.22. The van der Waals surface area contributed by atoms with Crippen molar-refractivity contribution in [2.45, 2.75) is 25.9 Å². The number of alkyl halides is 3. The van der Waals surface area contributed by atoms with Gasteiger partial charge in [-0.15, -0.1) is 0 Å². The average molecular weight is 398 g/mol. The first kappa shape index (κ1) is 21.7. The van der Waals surface area contributed by atoms with Crippen molar-refractivity contribution in [3.05, 3.63) is 59.2 Å². The lowest BCUT2D eigenvalue weighted by Gasteiger charge is -2.09. The summed E-state index contributed by atoms with van der Waals surface area (Å²) < 4.78 is 56.3. The zero-order valence-electron chi connectivity index (χ0n) is 15.6. The maximum atomic E-state index is 14.2. The highest BCUT2D eigenvalue weighted by atomic mass is 19.4. The molecule has 1 fully saturated rings. The molecule has 0 aromatic heterocycles. The second-order valence-corrected chi connectivity index (χ2v) is 6.44. The number of hydrogen-bond acceptors (Lipinski definition) is 4. The molecule has 152 valence electrons. The maximum absolute atomic E-state index is 14.2. The third kappa shape index (κ3) is 5.43. The van der Waals surface area contributed by atoms with Gasteiger partial charge in [0.1, 0.15) is 18.2 Å². The highest BCUT2D eigenvalue weighted by Gasteiger charge is 2.57. The molecule has 0 radical (unpaired) electrons. The third-order valence-corrected chi connectivity index (χ3v) is 4.51. The number of esters is 1. The van der Waals surface area contributed by atoms with E-state index >= 15 is 0 Å². The summed E-state index contributed by atoms with van der Waals surface area (Å²) in [4.78, 5) is 15.8. The zero-order chi connectivity index (χ0) is 20.9. The number of rotatable bonds is 8. The standard InChI is InChI=1S/C20H22F4N2O2/c1-4-28-19(27)18-16(17(18)13-7-5-6-8-14(13)21)12(2)9-10-15(25-3)26-11-20(22,23)24/h5-10,16-18,26H,3-4,11H2,1-2H3/b12-9+,15-10+/t16-,17-,18+/m1/s1. The van der Waals surface area contributed by atoms with Gasteiger partial charge in [0.2, 0.25) is 0 Å². The van der Waals surface area contributed by atoms with E-state index in [-0.39, 0.29) is 24.3 Å². The van der Waals surface area contributed by atoms with Gasteiger partial charge in [-0.1, -0.05) is 29.8 Å². The van der Waals surface area contributed by atoms with Gasteiger partial charge >= 0.3 is 12.1 Å². The molecule has 3 atom stereocenters. The van der Waals surface area contributed by atoms with Gasteiger partial charge in [0, 0.05) is 11.8 Å². The smallest absolute Gasteiger partial charge is 0.405 e. The summed E-state index contributed by atoms with van der Waals surface area (Å²) in [6.07, 6.45) is -1.47. The van der Waals surface area contributed by atoms with E-state index in [4.69, 9.17) is 4.74 Å². The van der Waals surface area contributed by atoms with Crippen LogP contribution in [0.25, 0.3) is 0 Å². The fraction of sp³-hybridized carbons (Fsp3) is 0.400. The molecular weight excluding hydrogens is 376 g/mol. The van der Waals surface area contributed by atoms with Crippen LogP contribution in [0.5, 0.6) is 0 Å². The summed E-state index contributed by atoms with van der Waals surface area (Å²) in [5.41, 5.74) is 1.13. The van der Waals surface area contributed by atoms with Crippen molar-refractivity contribution >= 4 is 12.7 Å². The molecule has 0 aliphatic heterocycles. The number of benzene rings is 1. The molecule has 0 bridgehead atoms. The SMILES string of the molecule is C=N/C(=C\C=C(/C)[C@H]1[C@H](C(=O)OCC)[C@@H]1c1ccccc1F)NCC(F)(F)F. The van der Waals surface area contributed by atoms with Crippen LogP contribution in [0, 0.1) is 17.7 Å². The summed E-state index contributed by atoms with van der Waals surface area (Å²) in [5, 5.41) is 2.14. The van der Waals surface area contributed by atoms with E-state index in [1.54, 1.807) is 38.1 Å². The van der Waals surface area contributed by atoms with Crippen LogP contribution in [0.1, 0.15) is 25.3 Å². The van der Waals surface area contributed by atoms with E-state index in [9.17, 15) is 22.4 Å². The molecule has 1 N–H and O–H groups in total. The largest absolute Gasteiger partial charge is 0.466 e. The molecule has 4 nitrogen and oxygen atoms in total. The number of aliphatic imine (C=N–C) groups is 1. The number of carbonyl (C=O) groups is 1. The monoisotopic (exact) mass is 398 g/mol. The summed E-state index contributed by atoms with van der Waals surface area (Å²) in [7, 11) is 0. The quantitative estimate of drug-likeness (QED) is 0.306. The summed E-state index contributed by atoms with van der Waals surface area (Å²) in [6.45, 7) is 5.63. The fourth-order valence-electron chi connectivity index (χ4n) is 3.22. The molecular formula is C20H22F4N2O2. The second-order valence-electron chi connectivity index (χ2n) is 6.44. The molecule has 0 spiro atoms. The lowest BCUT2D eigenvalue weighted by molar-refractivity contribution is -0.145. The minimum Gasteiger partial charge on any atom is -0.466 e. The Labute approximate surface area is 161 Å². The lowest BCUT2D eigenvalue weighted by Crippen LogP contribution is -2.27. The number of allylic oxidation sites excluding steroid dienone is 3. The number of hydrogen-bond donors (Lipinski definition) is 1. The van der Waals surface area contributed by atoms with Crippen LogP contribution in [0.15, 0.2) is 52.8 Å². The van der Waals surface area contributed by atoms with E-state index in [2.05, 4.69) is 17.0 Å². The Morgan fingerprint density at radius 2 is 1.96 bits per heavy atom. The molecule has 1 aliphatic rings. The Morgan fingerprint density at radius 1 is 1.29 bits per heavy atom. The van der Waals surface area contributed by atoms with E-state index in [1.165, 1.54) is 12.1 Å². The van der Waals surface area contributed by atoms with Gasteiger partial charge in [0.25, 0.3) is 0 Å². The van der Waals surface area contributed by atoms with E-state index < -0.39 is 30.4 Å². The van der Waals surface area contributed by atoms with Crippen molar-refractivity contribution < 1.29 is 27.1 Å². The van der Waals surface area contributed by atoms with Crippen LogP contribution >= 0.6 is 0 Å². The zero-order valence-corrected chi connectivity index (χ0v) is 15.6. The summed E-state index contributed by atoms with van der Waals surface area (Å²) in [5.74, 6) is -2.10. The van der Waals surface area contributed by atoms with Gasteiger partial charge in [0.15, 0.2) is 0 Å². The van der Waals surface area contributed by atoms with E-state index in [0.29, 0.717) is 11.1 Å². The Bertz CT molecular complexity index is 787. The van der Waals surface area contributed by atoms with E-state index in [0.717, 1.165) is 0 Å². The van der Waals surface area contributed by atoms with Crippen molar-refractivity contribution in [3.63, 3.8) is 0 Å². The molecule has 8 heteroatoms. The van der Waals surface area contributed by atoms with Crippen molar-refractivity contribution in [2.24, 2.45) is 16.8 Å². The predicted octanol–water partition coefficient (Wildman–Crippen LogP) is 4.36. The molecule has 0 unspecified atom stereocenters. The molecule has 2 rings (SSSR count). The summed E-state index contributed by atoms with van der Waals surface area (Å²) in [6, 6.07) is 6.20. The second kappa shape index (κ2) is 9.03. The van der Waals surface area contributed by atoms with Crippen LogP contribution < -0.4 is 5.32 Å². The van der Waals surface area contributed by atoms with Gasteiger partial charge in [0.05, 0.1) is 12.5 Å². The first-order valence-electron chi connectivity index (χ1n) is 8.76. The molecule has 0 amide bonds. The van der Waals surface area contributed by atoms with Crippen LogP contribution in [0.3, 0.4) is 0 Å². The van der Waals surface area contributed by atoms with Crippen molar-refractivity contribution in [2.75, 3.05) is 13.2 Å². The van der Waals surface area contributed by atoms with Crippen molar-refractivity contribution in [1.29, 1.82) is 0 Å². The van der Waals surface area contributed by atoms with Gasteiger partial charge in [-0.05, 0) is 38.3 Å². The average Bonchev–Trinajstić information content (AvgIpc) is 3.37. The van der Waals surface area contributed by atoms with Crippen LogP contribution in [-0.4, -0.2) is 32.0 Å². The molecule has 1 saturated carbocycles. The highest BCUT2D eigenvalue weighted by molar-refractivity contribution is 5.79. The number of halogens is 4. The van der Waals surface area contributed by atoms with Gasteiger partial charge in [-0.2, -0.15) is 13.2 Å². The molecule has 1 aromatic rings. The molecule has 0 heterocycles. The topological polar surface area (TPSA) is 50.7 Å². The Morgan fingerprint density at radius 3 is 2.54 bits per heavy atom.